The Bertz CT molecular complexity index is 287. The van der Waals surface area contributed by atoms with E-state index in [0.29, 0.717) is 5.56 Å². The maximum absolute atomic E-state index is 13.1. The van der Waals surface area contributed by atoms with Crippen LogP contribution in [0, 0.1) is 5.82 Å². The zero-order chi connectivity index (χ0) is 8.97. The number of hydrogen-bond acceptors (Lipinski definition) is 0. The van der Waals surface area contributed by atoms with Crippen molar-refractivity contribution >= 4 is 5.57 Å². The van der Waals surface area contributed by atoms with Gasteiger partial charge in [-0.25, -0.2) is 4.39 Å². The van der Waals surface area contributed by atoms with Gasteiger partial charge in [0.15, 0.2) is 0 Å². The molecular formula is C11H13F. The lowest BCUT2D eigenvalue weighted by molar-refractivity contribution is 0.624. The fraction of sp³-hybridized carbons (Fsp3) is 0.273. The largest absolute Gasteiger partial charge is 0.206 e. The first-order valence-corrected chi connectivity index (χ1v) is 4.17. The summed E-state index contributed by atoms with van der Waals surface area (Å²) in [5.74, 6) is -0.139. The monoisotopic (exact) mass is 164 g/mol. The fourth-order valence-corrected chi connectivity index (χ4v) is 1.20. The fourth-order valence-electron chi connectivity index (χ4n) is 1.20. The predicted molar refractivity (Wildman–Crippen MR) is 50.3 cm³/mol. The van der Waals surface area contributed by atoms with Crippen LogP contribution in [0.1, 0.15) is 25.8 Å². The molecule has 1 aromatic rings. The van der Waals surface area contributed by atoms with Gasteiger partial charge in [0.25, 0.3) is 0 Å². The SMILES string of the molecule is CC/C=C(/C)c1ccccc1F. The van der Waals surface area contributed by atoms with Crippen molar-refractivity contribution in [3.63, 3.8) is 0 Å². The van der Waals surface area contributed by atoms with E-state index in [1.165, 1.54) is 6.07 Å². The van der Waals surface area contributed by atoms with Crippen LogP contribution in [0.15, 0.2) is 30.3 Å². The van der Waals surface area contributed by atoms with E-state index in [1.54, 1.807) is 12.1 Å². The topological polar surface area (TPSA) is 0 Å². The Kier molecular flexibility index (Phi) is 3.03. The molecule has 0 heterocycles. The quantitative estimate of drug-likeness (QED) is 0.626. The van der Waals surface area contributed by atoms with Gasteiger partial charge in [-0.05, 0) is 25.0 Å². The van der Waals surface area contributed by atoms with Gasteiger partial charge in [-0.2, -0.15) is 0 Å². The first kappa shape index (κ1) is 8.98. The second-order valence-electron chi connectivity index (χ2n) is 2.78. The highest BCUT2D eigenvalue weighted by molar-refractivity contribution is 5.63. The molecule has 0 aromatic heterocycles. The van der Waals surface area contributed by atoms with E-state index in [1.807, 2.05) is 26.0 Å². The summed E-state index contributed by atoms with van der Waals surface area (Å²) >= 11 is 0. The van der Waals surface area contributed by atoms with Crippen LogP contribution >= 0.6 is 0 Å². The summed E-state index contributed by atoms with van der Waals surface area (Å²) in [6, 6.07) is 6.85. The molecule has 0 nitrogen and oxygen atoms in total. The van der Waals surface area contributed by atoms with E-state index in [-0.39, 0.29) is 5.82 Å². The third-order valence-electron chi connectivity index (χ3n) is 1.81. The third kappa shape index (κ3) is 1.94. The summed E-state index contributed by atoms with van der Waals surface area (Å²) in [6.07, 6.45) is 2.97. The smallest absolute Gasteiger partial charge is 0.130 e. The van der Waals surface area contributed by atoms with Crippen molar-refractivity contribution in [2.45, 2.75) is 20.3 Å². The van der Waals surface area contributed by atoms with E-state index >= 15 is 0 Å². The summed E-state index contributed by atoms with van der Waals surface area (Å²) < 4.78 is 13.1. The van der Waals surface area contributed by atoms with Crippen LogP contribution in [-0.2, 0) is 0 Å². The zero-order valence-corrected chi connectivity index (χ0v) is 7.47. The maximum atomic E-state index is 13.1. The van der Waals surface area contributed by atoms with Crippen molar-refractivity contribution in [1.29, 1.82) is 0 Å². The van der Waals surface area contributed by atoms with E-state index in [0.717, 1.165) is 12.0 Å². The number of halogens is 1. The summed E-state index contributed by atoms with van der Waals surface area (Å²) in [4.78, 5) is 0. The van der Waals surface area contributed by atoms with Gasteiger partial charge in [-0.3, -0.25) is 0 Å². The molecule has 0 saturated carbocycles. The van der Waals surface area contributed by atoms with E-state index < -0.39 is 0 Å². The molecule has 0 radical (unpaired) electrons. The Hall–Kier alpha value is -1.11. The van der Waals surface area contributed by atoms with Crippen molar-refractivity contribution in [1.82, 2.24) is 0 Å². The van der Waals surface area contributed by atoms with E-state index in [4.69, 9.17) is 0 Å². The molecular weight excluding hydrogens is 151 g/mol. The minimum atomic E-state index is -0.139. The average Bonchev–Trinajstić information content (AvgIpc) is 2.05. The minimum Gasteiger partial charge on any atom is -0.206 e. The average molecular weight is 164 g/mol. The standard InChI is InChI=1S/C11H13F/c1-3-6-9(2)10-7-4-5-8-11(10)12/h4-8H,3H2,1-2H3/b9-6-. The molecule has 0 atom stereocenters. The summed E-state index contributed by atoms with van der Waals surface area (Å²) in [5.41, 5.74) is 1.72. The van der Waals surface area contributed by atoms with Crippen LogP contribution in [0.4, 0.5) is 4.39 Å². The lowest BCUT2D eigenvalue weighted by Crippen LogP contribution is -1.84. The summed E-state index contributed by atoms with van der Waals surface area (Å²) in [5, 5.41) is 0. The Morgan fingerprint density at radius 1 is 1.42 bits per heavy atom. The van der Waals surface area contributed by atoms with Gasteiger partial charge < -0.3 is 0 Å². The molecule has 64 valence electrons. The molecule has 0 spiro atoms. The molecule has 0 saturated heterocycles. The van der Waals surface area contributed by atoms with Gasteiger partial charge in [-0.15, -0.1) is 0 Å². The Morgan fingerprint density at radius 2 is 2.08 bits per heavy atom. The second-order valence-corrected chi connectivity index (χ2v) is 2.78. The van der Waals surface area contributed by atoms with Crippen LogP contribution in [-0.4, -0.2) is 0 Å². The number of allylic oxidation sites excluding steroid dienone is 2. The van der Waals surface area contributed by atoms with Gasteiger partial charge in [0.1, 0.15) is 5.82 Å². The molecule has 0 aliphatic carbocycles. The van der Waals surface area contributed by atoms with Crippen molar-refractivity contribution in [2.24, 2.45) is 0 Å². The molecule has 1 aromatic carbocycles. The highest BCUT2D eigenvalue weighted by Gasteiger charge is 2.00. The highest BCUT2D eigenvalue weighted by Crippen LogP contribution is 2.17. The van der Waals surface area contributed by atoms with Crippen LogP contribution in [0.3, 0.4) is 0 Å². The Labute approximate surface area is 72.7 Å². The first-order valence-electron chi connectivity index (χ1n) is 4.17. The van der Waals surface area contributed by atoms with Crippen LogP contribution in [0.5, 0.6) is 0 Å². The van der Waals surface area contributed by atoms with Crippen molar-refractivity contribution in [3.8, 4) is 0 Å². The molecule has 0 fully saturated rings. The van der Waals surface area contributed by atoms with Crippen LogP contribution < -0.4 is 0 Å². The summed E-state index contributed by atoms with van der Waals surface area (Å²) in [7, 11) is 0. The number of rotatable bonds is 2. The zero-order valence-electron chi connectivity index (χ0n) is 7.47. The molecule has 0 aliphatic rings. The molecule has 1 rings (SSSR count). The molecule has 0 unspecified atom stereocenters. The third-order valence-corrected chi connectivity index (χ3v) is 1.81. The van der Waals surface area contributed by atoms with Gasteiger partial charge in [0, 0.05) is 5.56 Å². The van der Waals surface area contributed by atoms with E-state index in [9.17, 15) is 4.39 Å². The molecule has 0 N–H and O–H groups in total. The molecule has 0 bridgehead atoms. The number of hydrogen-bond donors (Lipinski definition) is 0. The van der Waals surface area contributed by atoms with Crippen LogP contribution in [0.25, 0.3) is 5.57 Å². The minimum absolute atomic E-state index is 0.139. The Balaban J connectivity index is 3.02. The van der Waals surface area contributed by atoms with Gasteiger partial charge >= 0.3 is 0 Å². The molecule has 0 aliphatic heterocycles. The first-order chi connectivity index (χ1) is 5.75. The predicted octanol–water partition coefficient (Wildman–Crippen LogP) is 3.64. The molecule has 12 heavy (non-hydrogen) atoms. The number of benzene rings is 1. The molecule has 1 heteroatoms. The molecule has 0 amide bonds. The van der Waals surface area contributed by atoms with Gasteiger partial charge in [0.05, 0.1) is 0 Å². The normalized spacial score (nSPS) is 11.8. The lowest BCUT2D eigenvalue weighted by atomic mass is 10.1. The maximum Gasteiger partial charge on any atom is 0.130 e. The van der Waals surface area contributed by atoms with Gasteiger partial charge in [0.2, 0.25) is 0 Å². The van der Waals surface area contributed by atoms with Crippen molar-refractivity contribution in [2.75, 3.05) is 0 Å². The second kappa shape index (κ2) is 4.05. The van der Waals surface area contributed by atoms with E-state index in [2.05, 4.69) is 0 Å². The van der Waals surface area contributed by atoms with Crippen molar-refractivity contribution in [3.05, 3.63) is 41.7 Å². The highest BCUT2D eigenvalue weighted by atomic mass is 19.1. The Morgan fingerprint density at radius 3 is 2.67 bits per heavy atom. The van der Waals surface area contributed by atoms with Crippen molar-refractivity contribution < 1.29 is 4.39 Å². The van der Waals surface area contributed by atoms with Gasteiger partial charge in [-0.1, -0.05) is 31.2 Å². The lowest BCUT2D eigenvalue weighted by Gasteiger charge is -2.01. The summed E-state index contributed by atoms with van der Waals surface area (Å²) in [6.45, 7) is 3.98. The van der Waals surface area contributed by atoms with Crippen LogP contribution in [0.2, 0.25) is 0 Å².